The van der Waals surface area contributed by atoms with Crippen molar-refractivity contribution in [2.45, 2.75) is 13.8 Å². The van der Waals surface area contributed by atoms with E-state index >= 15 is 0 Å². The summed E-state index contributed by atoms with van der Waals surface area (Å²) in [5.41, 5.74) is 1.23. The lowest BCUT2D eigenvalue weighted by Gasteiger charge is -2.04. The summed E-state index contributed by atoms with van der Waals surface area (Å²) in [7, 11) is 0. The molecule has 2 rings (SSSR count). The third kappa shape index (κ3) is 2.62. The minimum absolute atomic E-state index is 0.153. The quantitative estimate of drug-likeness (QED) is 0.891. The molecule has 1 amide bonds. The summed E-state index contributed by atoms with van der Waals surface area (Å²) in [6.07, 6.45) is 0. The highest BCUT2D eigenvalue weighted by Crippen LogP contribution is 2.29. The molecule has 0 aliphatic carbocycles. The van der Waals surface area contributed by atoms with Crippen LogP contribution in [0.1, 0.15) is 12.7 Å². The molecule has 0 spiro atoms. The molecule has 1 N–H and O–H groups in total. The van der Waals surface area contributed by atoms with Gasteiger partial charge < -0.3 is 9.84 Å². The van der Waals surface area contributed by atoms with Gasteiger partial charge in [-0.2, -0.15) is 4.98 Å². The summed E-state index contributed by atoms with van der Waals surface area (Å²) in [5, 5.41) is 6.84. The smallest absolute Gasteiger partial charge is 0.259 e. The first-order valence-corrected chi connectivity index (χ1v) is 5.32. The van der Waals surface area contributed by atoms with Gasteiger partial charge in [0, 0.05) is 12.6 Å². The van der Waals surface area contributed by atoms with Crippen LogP contribution in [-0.2, 0) is 4.79 Å². The van der Waals surface area contributed by atoms with Crippen molar-refractivity contribution in [1.82, 2.24) is 10.1 Å². The highest BCUT2D eigenvalue weighted by atomic mass is 35.5. The van der Waals surface area contributed by atoms with Crippen molar-refractivity contribution in [2.75, 3.05) is 5.32 Å². The van der Waals surface area contributed by atoms with E-state index in [1.807, 2.05) is 0 Å². The summed E-state index contributed by atoms with van der Waals surface area (Å²) in [6, 6.07) is 5.06. The number of hydrogen-bond donors (Lipinski definition) is 1. The highest BCUT2D eigenvalue weighted by Gasteiger charge is 2.11. The number of amides is 1. The average molecular weight is 252 g/mol. The Hall–Kier alpha value is -1.88. The number of aromatic nitrogens is 2. The van der Waals surface area contributed by atoms with Crippen LogP contribution in [0.5, 0.6) is 0 Å². The Morgan fingerprint density at radius 1 is 1.47 bits per heavy atom. The van der Waals surface area contributed by atoms with Gasteiger partial charge in [0.2, 0.25) is 5.91 Å². The van der Waals surface area contributed by atoms with Gasteiger partial charge in [0.1, 0.15) is 0 Å². The standard InChI is InChI=1S/C11H10ClN3O2/c1-6-13-11(17-15-6)9-5-8(14-7(2)16)3-4-10(9)12/h3-5H,1-2H3,(H,14,16). The topological polar surface area (TPSA) is 68.0 Å². The van der Waals surface area contributed by atoms with Gasteiger partial charge in [-0.1, -0.05) is 16.8 Å². The second-order valence-corrected chi connectivity index (χ2v) is 3.93. The van der Waals surface area contributed by atoms with Crippen LogP contribution in [0.3, 0.4) is 0 Å². The summed E-state index contributed by atoms with van der Waals surface area (Å²) >= 11 is 6.04. The molecule has 0 fully saturated rings. The number of nitrogens with one attached hydrogen (secondary N) is 1. The maximum atomic E-state index is 11.0. The molecular weight excluding hydrogens is 242 g/mol. The lowest BCUT2D eigenvalue weighted by atomic mass is 10.2. The average Bonchev–Trinajstić information content (AvgIpc) is 2.67. The number of hydrogen-bond acceptors (Lipinski definition) is 4. The summed E-state index contributed by atoms with van der Waals surface area (Å²) in [6.45, 7) is 3.16. The Morgan fingerprint density at radius 3 is 2.82 bits per heavy atom. The molecule has 0 radical (unpaired) electrons. The Bertz CT molecular complexity index is 566. The molecule has 0 bridgehead atoms. The van der Waals surface area contributed by atoms with Crippen LogP contribution < -0.4 is 5.32 Å². The minimum Gasteiger partial charge on any atom is -0.334 e. The van der Waals surface area contributed by atoms with Crippen LogP contribution in [0, 0.1) is 6.92 Å². The Labute approximate surface area is 103 Å². The van der Waals surface area contributed by atoms with Gasteiger partial charge in [0.25, 0.3) is 5.89 Å². The third-order valence-corrected chi connectivity index (χ3v) is 2.37. The van der Waals surface area contributed by atoms with E-state index in [1.54, 1.807) is 25.1 Å². The van der Waals surface area contributed by atoms with Crippen molar-refractivity contribution >= 4 is 23.2 Å². The second kappa shape index (κ2) is 4.55. The van der Waals surface area contributed by atoms with Gasteiger partial charge in [-0.3, -0.25) is 4.79 Å². The fraction of sp³-hybridized carbons (Fsp3) is 0.182. The molecule has 88 valence electrons. The number of rotatable bonds is 2. The lowest BCUT2D eigenvalue weighted by molar-refractivity contribution is -0.114. The molecule has 1 heterocycles. The van der Waals surface area contributed by atoms with E-state index in [0.717, 1.165) is 0 Å². The predicted molar refractivity (Wildman–Crippen MR) is 63.8 cm³/mol. The van der Waals surface area contributed by atoms with Crippen molar-refractivity contribution < 1.29 is 9.32 Å². The molecule has 17 heavy (non-hydrogen) atoms. The monoisotopic (exact) mass is 251 g/mol. The molecular formula is C11H10ClN3O2. The molecule has 0 unspecified atom stereocenters. The van der Waals surface area contributed by atoms with Gasteiger partial charge in [0.05, 0.1) is 10.6 Å². The van der Waals surface area contributed by atoms with E-state index in [9.17, 15) is 4.79 Å². The maximum Gasteiger partial charge on any atom is 0.259 e. The minimum atomic E-state index is -0.153. The van der Waals surface area contributed by atoms with Crippen molar-refractivity contribution in [1.29, 1.82) is 0 Å². The zero-order chi connectivity index (χ0) is 12.4. The number of nitrogens with zero attached hydrogens (tertiary/aromatic N) is 2. The van der Waals surface area contributed by atoms with Crippen molar-refractivity contribution in [3.63, 3.8) is 0 Å². The number of carbonyl (C=O) groups is 1. The van der Waals surface area contributed by atoms with Crippen LogP contribution in [0.4, 0.5) is 5.69 Å². The zero-order valence-corrected chi connectivity index (χ0v) is 10.1. The SMILES string of the molecule is CC(=O)Nc1ccc(Cl)c(-c2nc(C)no2)c1. The second-order valence-electron chi connectivity index (χ2n) is 3.52. The first-order valence-electron chi connectivity index (χ1n) is 4.94. The highest BCUT2D eigenvalue weighted by molar-refractivity contribution is 6.33. The van der Waals surface area contributed by atoms with Crippen LogP contribution in [-0.4, -0.2) is 16.0 Å². The van der Waals surface area contributed by atoms with Crippen molar-refractivity contribution in [3.05, 3.63) is 29.0 Å². The Morgan fingerprint density at radius 2 is 2.24 bits per heavy atom. The number of halogens is 1. The van der Waals surface area contributed by atoms with Crippen molar-refractivity contribution in [2.24, 2.45) is 0 Å². The number of aryl methyl sites for hydroxylation is 1. The number of anilines is 1. The Balaban J connectivity index is 2.42. The molecule has 0 saturated heterocycles. The summed E-state index contributed by atoms with van der Waals surface area (Å²) < 4.78 is 5.03. The van der Waals surface area contributed by atoms with E-state index in [-0.39, 0.29) is 5.91 Å². The molecule has 1 aromatic heterocycles. The first-order chi connectivity index (χ1) is 8.06. The normalized spacial score (nSPS) is 10.3. The van der Waals surface area contributed by atoms with E-state index < -0.39 is 0 Å². The van der Waals surface area contributed by atoms with Crippen LogP contribution in [0.2, 0.25) is 5.02 Å². The van der Waals surface area contributed by atoms with Crippen LogP contribution in [0.25, 0.3) is 11.5 Å². The third-order valence-electron chi connectivity index (χ3n) is 2.04. The zero-order valence-electron chi connectivity index (χ0n) is 9.32. The molecule has 6 heteroatoms. The fourth-order valence-corrected chi connectivity index (χ4v) is 1.58. The van der Waals surface area contributed by atoms with Gasteiger partial charge >= 0.3 is 0 Å². The van der Waals surface area contributed by atoms with E-state index in [4.69, 9.17) is 16.1 Å². The van der Waals surface area contributed by atoms with Crippen molar-refractivity contribution in [3.8, 4) is 11.5 Å². The molecule has 5 nitrogen and oxygen atoms in total. The summed E-state index contributed by atoms with van der Waals surface area (Å²) in [4.78, 5) is 15.0. The largest absolute Gasteiger partial charge is 0.334 e. The van der Waals surface area contributed by atoms with Crippen LogP contribution in [0.15, 0.2) is 22.7 Å². The fourth-order valence-electron chi connectivity index (χ4n) is 1.38. The number of carbonyl (C=O) groups excluding carboxylic acids is 1. The molecule has 1 aromatic carbocycles. The Kier molecular flexibility index (Phi) is 3.10. The van der Waals surface area contributed by atoms with Crippen LogP contribution >= 0.6 is 11.6 Å². The number of benzene rings is 1. The molecule has 2 aromatic rings. The maximum absolute atomic E-state index is 11.0. The molecule has 0 aliphatic heterocycles. The van der Waals surface area contributed by atoms with Gasteiger partial charge in [-0.25, -0.2) is 0 Å². The molecule has 0 atom stereocenters. The molecule has 0 aliphatic rings. The van der Waals surface area contributed by atoms with E-state index in [0.29, 0.717) is 28.0 Å². The lowest BCUT2D eigenvalue weighted by Crippen LogP contribution is -2.05. The summed E-state index contributed by atoms with van der Waals surface area (Å²) in [5.74, 6) is 0.709. The van der Waals surface area contributed by atoms with E-state index in [1.165, 1.54) is 6.92 Å². The van der Waals surface area contributed by atoms with Gasteiger partial charge in [-0.15, -0.1) is 0 Å². The van der Waals surface area contributed by atoms with Gasteiger partial charge in [0.15, 0.2) is 5.82 Å². The molecule has 0 saturated carbocycles. The van der Waals surface area contributed by atoms with Gasteiger partial charge in [-0.05, 0) is 25.1 Å². The predicted octanol–water partition coefficient (Wildman–Crippen LogP) is 2.66. The van der Waals surface area contributed by atoms with E-state index in [2.05, 4.69) is 15.5 Å². The first kappa shape index (κ1) is 11.6.